The summed E-state index contributed by atoms with van der Waals surface area (Å²) in [4.78, 5) is 27.5. The fraction of sp³-hybridized carbons (Fsp3) is 0.727. The molecule has 2 aliphatic rings. The van der Waals surface area contributed by atoms with E-state index in [9.17, 15) is 10.0 Å². The quantitative estimate of drug-likeness (QED) is 0.291. The van der Waals surface area contributed by atoms with Crippen LogP contribution in [0.1, 0.15) is 53.2 Å². The van der Waals surface area contributed by atoms with Gasteiger partial charge in [0.2, 0.25) is 0 Å². The number of rotatable bonds is 5. The van der Waals surface area contributed by atoms with Crippen molar-refractivity contribution >= 4 is 17.7 Å². The summed E-state index contributed by atoms with van der Waals surface area (Å²) < 4.78 is 11.6. The van der Waals surface area contributed by atoms with Crippen LogP contribution in [0.2, 0.25) is 0 Å². The lowest BCUT2D eigenvalue weighted by molar-refractivity contribution is 0.0218. The number of piperazine rings is 1. The van der Waals surface area contributed by atoms with Gasteiger partial charge in [-0.15, -0.1) is 0 Å². The van der Waals surface area contributed by atoms with E-state index < -0.39 is 5.60 Å². The van der Waals surface area contributed by atoms with Crippen LogP contribution >= 0.6 is 0 Å². The number of amides is 1. The first-order valence-corrected chi connectivity index (χ1v) is 11.5. The molecule has 0 unspecified atom stereocenters. The SMILES string of the molecule is C[C@H](Oc1nc(/C(N)=N/O)cc(N2CCN(C(=O)OC(C)(C)C)C[C@@H]2C)n1)[C@@H]1CCCN1C. The normalized spacial score (nSPS) is 23.5. The van der Waals surface area contributed by atoms with Crippen molar-refractivity contribution in [3.63, 3.8) is 0 Å². The Morgan fingerprint density at radius 2 is 2.03 bits per heavy atom. The molecule has 0 aliphatic carbocycles. The van der Waals surface area contributed by atoms with E-state index in [1.54, 1.807) is 11.0 Å². The highest BCUT2D eigenvalue weighted by Crippen LogP contribution is 2.25. The first kappa shape index (κ1) is 24.8. The lowest BCUT2D eigenvalue weighted by Gasteiger charge is -2.40. The van der Waals surface area contributed by atoms with Crippen LogP contribution in [-0.2, 0) is 4.74 Å². The van der Waals surface area contributed by atoms with E-state index in [0.717, 1.165) is 19.4 Å². The van der Waals surface area contributed by atoms with Crippen LogP contribution in [0.4, 0.5) is 10.6 Å². The summed E-state index contributed by atoms with van der Waals surface area (Å²) in [7, 11) is 2.09. The predicted octanol–water partition coefficient (Wildman–Crippen LogP) is 1.88. The zero-order chi connectivity index (χ0) is 24.3. The van der Waals surface area contributed by atoms with Gasteiger partial charge in [-0.3, -0.25) is 4.90 Å². The number of hydrogen-bond donors (Lipinski definition) is 2. The van der Waals surface area contributed by atoms with Crippen LogP contribution in [-0.4, -0.2) is 93.9 Å². The number of oxime groups is 1. The van der Waals surface area contributed by atoms with Crippen LogP contribution in [0.15, 0.2) is 11.2 Å². The second kappa shape index (κ2) is 9.98. The first-order valence-electron chi connectivity index (χ1n) is 11.5. The van der Waals surface area contributed by atoms with Crippen molar-refractivity contribution in [2.45, 2.75) is 71.2 Å². The third-order valence-corrected chi connectivity index (χ3v) is 6.05. The topological polar surface area (TPSA) is 130 Å². The summed E-state index contributed by atoms with van der Waals surface area (Å²) in [5.74, 6) is 0.485. The van der Waals surface area contributed by atoms with Crippen molar-refractivity contribution < 1.29 is 19.5 Å². The van der Waals surface area contributed by atoms with Crippen molar-refractivity contribution in [2.24, 2.45) is 10.9 Å². The molecule has 1 amide bonds. The number of carbonyl (C=O) groups is 1. The summed E-state index contributed by atoms with van der Waals surface area (Å²) in [5, 5.41) is 12.3. The minimum atomic E-state index is -0.545. The lowest BCUT2D eigenvalue weighted by Crippen LogP contribution is -2.55. The summed E-state index contributed by atoms with van der Waals surface area (Å²) in [6.07, 6.45) is 1.74. The van der Waals surface area contributed by atoms with E-state index in [2.05, 4.69) is 32.0 Å². The fourth-order valence-corrected chi connectivity index (χ4v) is 4.36. The highest BCUT2D eigenvalue weighted by Gasteiger charge is 2.32. The smallest absolute Gasteiger partial charge is 0.410 e. The molecule has 0 bridgehead atoms. The molecule has 1 aromatic heterocycles. The Bertz CT molecular complexity index is 873. The van der Waals surface area contributed by atoms with E-state index in [4.69, 9.17) is 15.2 Å². The molecule has 0 saturated carbocycles. The number of likely N-dealkylation sites (tertiary alicyclic amines) is 1. The minimum absolute atomic E-state index is 0.0347. The molecule has 2 saturated heterocycles. The van der Waals surface area contributed by atoms with Gasteiger partial charge in [0.1, 0.15) is 23.2 Å². The van der Waals surface area contributed by atoms with Gasteiger partial charge >= 0.3 is 12.1 Å². The summed E-state index contributed by atoms with van der Waals surface area (Å²) >= 11 is 0. The van der Waals surface area contributed by atoms with E-state index in [0.29, 0.717) is 25.5 Å². The van der Waals surface area contributed by atoms with Gasteiger partial charge in [-0.1, -0.05) is 5.16 Å². The van der Waals surface area contributed by atoms with Crippen LogP contribution in [0.3, 0.4) is 0 Å². The molecule has 3 rings (SSSR count). The van der Waals surface area contributed by atoms with Gasteiger partial charge in [-0.2, -0.15) is 9.97 Å². The Morgan fingerprint density at radius 3 is 2.61 bits per heavy atom. The Morgan fingerprint density at radius 1 is 1.30 bits per heavy atom. The molecular formula is C22H37N7O4. The largest absolute Gasteiger partial charge is 0.459 e. The number of likely N-dealkylation sites (N-methyl/N-ethyl adjacent to an activating group) is 1. The maximum absolute atomic E-state index is 12.5. The Hall–Kier alpha value is -2.82. The van der Waals surface area contributed by atoms with Crippen molar-refractivity contribution in [2.75, 3.05) is 38.1 Å². The third kappa shape index (κ3) is 6.16. The Balaban J connectivity index is 1.79. The van der Waals surface area contributed by atoms with Crippen molar-refractivity contribution in [1.29, 1.82) is 0 Å². The molecule has 11 heteroatoms. The van der Waals surface area contributed by atoms with Gasteiger partial charge in [0.15, 0.2) is 5.84 Å². The van der Waals surface area contributed by atoms with Gasteiger partial charge in [0.05, 0.1) is 0 Å². The molecule has 2 fully saturated rings. The van der Waals surface area contributed by atoms with E-state index in [-0.39, 0.29) is 41.8 Å². The lowest BCUT2D eigenvalue weighted by atomic mass is 10.1. The van der Waals surface area contributed by atoms with Crippen molar-refractivity contribution in [3.8, 4) is 6.01 Å². The molecule has 184 valence electrons. The number of amidine groups is 1. The van der Waals surface area contributed by atoms with E-state index >= 15 is 0 Å². The number of nitrogens with zero attached hydrogens (tertiary/aromatic N) is 6. The second-order valence-corrected chi connectivity index (χ2v) is 9.86. The summed E-state index contributed by atoms with van der Waals surface area (Å²) in [5.41, 5.74) is 5.59. The summed E-state index contributed by atoms with van der Waals surface area (Å²) in [6.45, 7) is 12.1. The zero-order valence-electron chi connectivity index (χ0n) is 20.5. The van der Waals surface area contributed by atoms with Gasteiger partial charge in [0, 0.05) is 37.8 Å². The van der Waals surface area contributed by atoms with Crippen LogP contribution < -0.4 is 15.4 Å². The number of anilines is 1. The molecule has 0 radical (unpaired) electrons. The molecule has 1 aromatic rings. The Labute approximate surface area is 195 Å². The predicted molar refractivity (Wildman–Crippen MR) is 125 cm³/mol. The highest BCUT2D eigenvalue weighted by molar-refractivity contribution is 5.95. The zero-order valence-corrected chi connectivity index (χ0v) is 20.5. The third-order valence-electron chi connectivity index (χ3n) is 6.05. The van der Waals surface area contributed by atoms with Crippen LogP contribution in [0.5, 0.6) is 6.01 Å². The number of nitrogens with two attached hydrogens (primary N) is 1. The monoisotopic (exact) mass is 463 g/mol. The van der Waals surface area contributed by atoms with E-state index in [1.165, 1.54) is 0 Å². The molecular weight excluding hydrogens is 426 g/mol. The standard InChI is InChI=1S/C22H37N7O4/c1-14-13-28(21(30)33-22(3,4)5)10-11-29(14)18-12-16(19(23)26-31)24-20(25-18)32-15(2)17-8-7-9-27(17)6/h12,14-15,17,31H,7-11,13H2,1-6H3,(H2,23,26)/t14-,15-,17-/m0/s1. The van der Waals surface area contributed by atoms with Gasteiger partial charge in [-0.25, -0.2) is 4.79 Å². The fourth-order valence-electron chi connectivity index (χ4n) is 4.36. The average molecular weight is 464 g/mol. The number of ether oxygens (including phenoxy) is 2. The van der Waals surface area contributed by atoms with Gasteiger partial charge in [0.25, 0.3) is 0 Å². The molecule has 3 atom stereocenters. The van der Waals surface area contributed by atoms with E-state index in [1.807, 2.05) is 34.6 Å². The van der Waals surface area contributed by atoms with Crippen LogP contribution in [0, 0.1) is 0 Å². The second-order valence-electron chi connectivity index (χ2n) is 9.86. The molecule has 33 heavy (non-hydrogen) atoms. The van der Waals surface area contributed by atoms with Gasteiger partial charge in [-0.05, 0) is 61.1 Å². The molecule has 0 spiro atoms. The molecule has 0 aromatic carbocycles. The highest BCUT2D eigenvalue weighted by atomic mass is 16.6. The molecule has 2 aliphatic heterocycles. The first-order chi connectivity index (χ1) is 15.5. The Kier molecular flexibility index (Phi) is 7.51. The molecule has 3 heterocycles. The number of carbonyl (C=O) groups excluding carboxylic acids is 1. The summed E-state index contributed by atoms with van der Waals surface area (Å²) in [6, 6.07) is 2.10. The minimum Gasteiger partial charge on any atom is -0.459 e. The van der Waals surface area contributed by atoms with Crippen LogP contribution in [0.25, 0.3) is 0 Å². The number of hydrogen-bond acceptors (Lipinski definition) is 9. The molecule has 11 nitrogen and oxygen atoms in total. The van der Waals surface area contributed by atoms with Crippen molar-refractivity contribution in [1.82, 2.24) is 19.8 Å². The molecule has 3 N–H and O–H groups in total. The van der Waals surface area contributed by atoms with Gasteiger partial charge < -0.3 is 30.2 Å². The average Bonchev–Trinajstić information content (AvgIpc) is 3.17. The maximum Gasteiger partial charge on any atom is 0.410 e. The maximum atomic E-state index is 12.5. The number of aromatic nitrogens is 2. The van der Waals surface area contributed by atoms with Crippen molar-refractivity contribution in [3.05, 3.63) is 11.8 Å².